The summed E-state index contributed by atoms with van der Waals surface area (Å²) in [6, 6.07) is 4.39. The quantitative estimate of drug-likeness (QED) is 0.813. The van der Waals surface area contributed by atoms with Gasteiger partial charge >= 0.3 is 5.76 Å². The van der Waals surface area contributed by atoms with Crippen molar-refractivity contribution in [3.8, 4) is 0 Å². The number of aromatic nitrogens is 2. The van der Waals surface area contributed by atoms with E-state index in [1.165, 1.54) is 16.7 Å². The topological polar surface area (TPSA) is 48.0 Å². The minimum absolute atomic E-state index is 0.137. The van der Waals surface area contributed by atoms with Crippen LogP contribution in [0.1, 0.15) is 30.7 Å². The van der Waals surface area contributed by atoms with E-state index in [4.69, 9.17) is 11.6 Å². The minimum atomic E-state index is -2.67. The molecule has 130 valence electrons. The normalized spacial score (nSPS) is 19.8. The van der Waals surface area contributed by atoms with Gasteiger partial charge in [-0.2, -0.15) is 0 Å². The second kappa shape index (κ2) is 6.63. The monoisotopic (exact) mass is 360 g/mol. The Labute approximate surface area is 141 Å². The second-order valence-corrected chi connectivity index (χ2v) is 6.55. The van der Waals surface area contributed by atoms with Crippen molar-refractivity contribution in [2.45, 2.75) is 44.6 Å². The highest BCUT2D eigenvalue weighted by Gasteiger charge is 2.39. The molecule has 1 atom stereocenters. The third kappa shape index (κ3) is 3.66. The molecule has 1 fully saturated rings. The molecule has 1 saturated carbocycles. The lowest BCUT2D eigenvalue weighted by atomic mass is 10.1. The molecule has 0 N–H and O–H groups in total. The standard InChI is InChI=1S/C16H16ClF3N2O2/c17-12-2-1-3-13(18)11(12)4-5-14-21-24-15(23)22(14)9-10-6-7-16(19,20)8-10/h1-3,10H,4-9H2. The van der Waals surface area contributed by atoms with Crippen LogP contribution in [0, 0.1) is 11.7 Å². The lowest BCUT2D eigenvalue weighted by Gasteiger charge is -2.12. The van der Waals surface area contributed by atoms with Gasteiger partial charge in [-0.05, 0) is 30.9 Å². The maximum atomic E-state index is 13.8. The van der Waals surface area contributed by atoms with E-state index in [2.05, 4.69) is 9.68 Å². The predicted octanol–water partition coefficient (Wildman–Crippen LogP) is 3.85. The number of hydrogen-bond donors (Lipinski definition) is 0. The summed E-state index contributed by atoms with van der Waals surface area (Å²) in [4.78, 5) is 11.8. The van der Waals surface area contributed by atoms with Gasteiger partial charge in [-0.3, -0.25) is 9.09 Å². The van der Waals surface area contributed by atoms with Gasteiger partial charge in [-0.25, -0.2) is 18.0 Å². The Balaban J connectivity index is 1.72. The van der Waals surface area contributed by atoms with Crippen molar-refractivity contribution in [3.63, 3.8) is 0 Å². The molecule has 24 heavy (non-hydrogen) atoms. The van der Waals surface area contributed by atoms with Gasteiger partial charge in [0.15, 0.2) is 5.82 Å². The summed E-state index contributed by atoms with van der Waals surface area (Å²) in [5.41, 5.74) is 0.327. The average Bonchev–Trinajstić information content (AvgIpc) is 3.03. The molecule has 0 saturated heterocycles. The molecule has 0 radical (unpaired) electrons. The number of rotatable bonds is 5. The number of aryl methyl sites for hydroxylation is 1. The Morgan fingerprint density at radius 1 is 1.38 bits per heavy atom. The lowest BCUT2D eigenvalue weighted by molar-refractivity contribution is 0.00425. The van der Waals surface area contributed by atoms with Gasteiger partial charge in [-0.15, -0.1) is 0 Å². The Bertz CT molecular complexity index is 768. The lowest BCUT2D eigenvalue weighted by Crippen LogP contribution is -2.22. The molecule has 0 spiro atoms. The van der Waals surface area contributed by atoms with Crippen LogP contribution in [-0.2, 0) is 19.4 Å². The van der Waals surface area contributed by atoms with Crippen LogP contribution in [0.25, 0.3) is 0 Å². The summed E-state index contributed by atoms with van der Waals surface area (Å²) in [6.07, 6.45) is 0.401. The molecule has 1 heterocycles. The molecule has 4 nitrogen and oxygen atoms in total. The first kappa shape index (κ1) is 17.1. The molecule has 1 aliphatic carbocycles. The second-order valence-electron chi connectivity index (χ2n) is 6.14. The Morgan fingerprint density at radius 3 is 2.83 bits per heavy atom. The van der Waals surface area contributed by atoms with Crippen LogP contribution in [0.3, 0.4) is 0 Å². The fourth-order valence-electron chi connectivity index (χ4n) is 3.12. The zero-order valence-corrected chi connectivity index (χ0v) is 13.5. The van der Waals surface area contributed by atoms with E-state index in [1.54, 1.807) is 6.07 Å². The van der Waals surface area contributed by atoms with Crippen molar-refractivity contribution in [1.82, 2.24) is 9.72 Å². The maximum Gasteiger partial charge on any atom is 0.441 e. The fourth-order valence-corrected chi connectivity index (χ4v) is 3.38. The summed E-state index contributed by atoms with van der Waals surface area (Å²) < 4.78 is 46.3. The molecule has 0 bridgehead atoms. The molecule has 0 aliphatic heterocycles. The van der Waals surface area contributed by atoms with Gasteiger partial charge in [-0.1, -0.05) is 22.8 Å². The van der Waals surface area contributed by atoms with Gasteiger partial charge in [0.1, 0.15) is 5.82 Å². The largest absolute Gasteiger partial charge is 0.441 e. The highest BCUT2D eigenvalue weighted by molar-refractivity contribution is 6.31. The number of alkyl halides is 2. The van der Waals surface area contributed by atoms with E-state index in [0.717, 1.165) is 0 Å². The van der Waals surface area contributed by atoms with Crippen molar-refractivity contribution in [2.24, 2.45) is 5.92 Å². The highest BCUT2D eigenvalue weighted by atomic mass is 35.5. The molecule has 1 aromatic heterocycles. The molecule has 2 aromatic rings. The molecule has 1 unspecified atom stereocenters. The van der Waals surface area contributed by atoms with Gasteiger partial charge in [0.05, 0.1) is 0 Å². The third-order valence-corrected chi connectivity index (χ3v) is 4.72. The average molecular weight is 361 g/mol. The first-order valence-corrected chi connectivity index (χ1v) is 8.09. The van der Waals surface area contributed by atoms with Gasteiger partial charge in [0.25, 0.3) is 0 Å². The van der Waals surface area contributed by atoms with E-state index < -0.39 is 17.5 Å². The smallest absolute Gasteiger partial charge is 0.296 e. The molecule has 8 heteroatoms. The highest BCUT2D eigenvalue weighted by Crippen LogP contribution is 2.39. The summed E-state index contributed by atoms with van der Waals surface area (Å²) in [5.74, 6) is -3.77. The van der Waals surface area contributed by atoms with Crippen molar-refractivity contribution >= 4 is 11.6 Å². The van der Waals surface area contributed by atoms with Crippen molar-refractivity contribution in [1.29, 1.82) is 0 Å². The minimum Gasteiger partial charge on any atom is -0.296 e. The number of halogens is 4. The van der Waals surface area contributed by atoms with Gasteiger partial charge in [0, 0.05) is 36.4 Å². The Morgan fingerprint density at radius 2 is 2.17 bits per heavy atom. The van der Waals surface area contributed by atoms with Crippen molar-refractivity contribution in [2.75, 3.05) is 0 Å². The molecule has 3 rings (SSSR count). The number of benzene rings is 1. The fraction of sp³-hybridized carbons (Fsp3) is 0.500. The van der Waals surface area contributed by atoms with Crippen LogP contribution in [-0.4, -0.2) is 15.6 Å². The summed E-state index contributed by atoms with van der Waals surface area (Å²) in [7, 11) is 0. The zero-order chi connectivity index (χ0) is 17.3. The Kier molecular flexibility index (Phi) is 4.71. The van der Waals surface area contributed by atoms with Crippen molar-refractivity contribution in [3.05, 3.63) is 51.0 Å². The molecule has 1 aromatic carbocycles. The van der Waals surface area contributed by atoms with Crippen LogP contribution in [0.5, 0.6) is 0 Å². The zero-order valence-electron chi connectivity index (χ0n) is 12.8. The van der Waals surface area contributed by atoms with Crippen LogP contribution in [0.4, 0.5) is 13.2 Å². The van der Waals surface area contributed by atoms with Crippen LogP contribution in [0.2, 0.25) is 5.02 Å². The third-order valence-electron chi connectivity index (χ3n) is 4.37. The number of nitrogens with zero attached hydrogens (tertiary/aromatic N) is 2. The van der Waals surface area contributed by atoms with E-state index in [9.17, 15) is 18.0 Å². The van der Waals surface area contributed by atoms with E-state index in [-0.39, 0.29) is 38.1 Å². The van der Waals surface area contributed by atoms with Crippen molar-refractivity contribution < 1.29 is 17.7 Å². The van der Waals surface area contributed by atoms with E-state index in [1.807, 2.05) is 0 Å². The SMILES string of the molecule is O=c1onc(CCc2c(F)cccc2Cl)n1CC1CCC(F)(F)C1. The number of hydrogen-bond acceptors (Lipinski definition) is 3. The van der Waals surface area contributed by atoms with E-state index >= 15 is 0 Å². The first-order valence-electron chi connectivity index (χ1n) is 7.72. The summed E-state index contributed by atoms with van der Waals surface area (Å²) in [6.45, 7) is 0.137. The van der Waals surface area contributed by atoms with Gasteiger partial charge < -0.3 is 0 Å². The maximum absolute atomic E-state index is 13.8. The predicted molar refractivity (Wildman–Crippen MR) is 81.9 cm³/mol. The summed E-state index contributed by atoms with van der Waals surface area (Å²) in [5, 5.41) is 3.99. The molecule has 1 aliphatic rings. The van der Waals surface area contributed by atoms with E-state index in [0.29, 0.717) is 22.8 Å². The summed E-state index contributed by atoms with van der Waals surface area (Å²) >= 11 is 5.97. The molecular formula is C16H16ClF3N2O2. The van der Waals surface area contributed by atoms with Gasteiger partial charge in [0.2, 0.25) is 5.92 Å². The van der Waals surface area contributed by atoms with Crippen LogP contribution < -0.4 is 5.76 Å². The molecule has 0 amide bonds. The molecular weight excluding hydrogens is 345 g/mol. The Hall–Kier alpha value is -1.76. The first-order chi connectivity index (χ1) is 11.4. The van der Waals surface area contributed by atoms with Crippen LogP contribution in [0.15, 0.2) is 27.5 Å². The van der Waals surface area contributed by atoms with Crippen LogP contribution >= 0.6 is 11.6 Å².